The second-order valence-corrected chi connectivity index (χ2v) is 21.6. The molecule has 0 saturated heterocycles. The fourth-order valence-electron chi connectivity index (χ4n) is 8.88. The van der Waals surface area contributed by atoms with Crippen LogP contribution in [0.2, 0.25) is 0 Å². The Hall–Kier alpha value is -4.71. The Morgan fingerprint density at radius 3 is 0.753 bits per heavy atom. The molecule has 0 spiro atoms. The van der Waals surface area contributed by atoms with E-state index in [0.29, 0.717) is 19.3 Å². The molecule has 0 aliphatic heterocycles. The quantitative estimate of drug-likeness (QED) is 0.0261. The Morgan fingerprint density at radius 2 is 0.481 bits per heavy atom. The van der Waals surface area contributed by atoms with Gasteiger partial charge in [-0.25, -0.2) is 0 Å². The molecule has 1 unspecified atom stereocenters. The Kier molecular flexibility index (Phi) is 63.9. The van der Waals surface area contributed by atoms with E-state index in [4.69, 9.17) is 14.2 Å². The van der Waals surface area contributed by atoms with Gasteiger partial charge in [-0.15, -0.1) is 0 Å². The zero-order valence-electron chi connectivity index (χ0n) is 52.5. The molecule has 1 atom stereocenters. The predicted molar refractivity (Wildman–Crippen MR) is 352 cm³/mol. The lowest BCUT2D eigenvalue weighted by molar-refractivity contribution is -0.167. The second-order valence-electron chi connectivity index (χ2n) is 21.6. The first kappa shape index (κ1) is 76.3. The normalized spacial score (nSPS) is 13.1. The minimum absolute atomic E-state index is 0.0950. The van der Waals surface area contributed by atoms with E-state index in [1.54, 1.807) is 0 Å². The van der Waals surface area contributed by atoms with Crippen molar-refractivity contribution < 1.29 is 28.6 Å². The molecule has 0 heterocycles. The van der Waals surface area contributed by atoms with E-state index in [-0.39, 0.29) is 31.1 Å². The van der Waals surface area contributed by atoms with Crippen molar-refractivity contribution in [2.24, 2.45) is 0 Å². The zero-order chi connectivity index (χ0) is 58.5. The summed E-state index contributed by atoms with van der Waals surface area (Å²) in [6.45, 7) is 6.37. The monoisotopic (exact) mass is 1120 g/mol. The molecule has 6 nitrogen and oxygen atoms in total. The summed E-state index contributed by atoms with van der Waals surface area (Å²) in [5.41, 5.74) is 0. The molecule has 0 radical (unpaired) electrons. The molecule has 0 aliphatic rings. The van der Waals surface area contributed by atoms with Gasteiger partial charge >= 0.3 is 17.9 Å². The fraction of sp³-hybridized carbons (Fsp3) is 0.640. The van der Waals surface area contributed by atoms with Crippen molar-refractivity contribution in [1.82, 2.24) is 0 Å². The summed E-state index contributed by atoms with van der Waals surface area (Å²) >= 11 is 0. The van der Waals surface area contributed by atoms with Crippen molar-refractivity contribution in [2.45, 2.75) is 297 Å². The first-order valence-corrected chi connectivity index (χ1v) is 33.3. The lowest BCUT2D eigenvalue weighted by Crippen LogP contribution is -2.30. The third-order valence-electron chi connectivity index (χ3n) is 13.8. The van der Waals surface area contributed by atoms with Crippen LogP contribution in [0.25, 0.3) is 0 Å². The van der Waals surface area contributed by atoms with Crippen LogP contribution in [-0.2, 0) is 28.6 Å². The van der Waals surface area contributed by atoms with Gasteiger partial charge in [0.1, 0.15) is 13.2 Å². The predicted octanol–water partition coefficient (Wildman–Crippen LogP) is 23.1. The van der Waals surface area contributed by atoms with Gasteiger partial charge in [-0.2, -0.15) is 0 Å². The molecule has 458 valence electrons. The van der Waals surface area contributed by atoms with Crippen LogP contribution in [0.15, 0.2) is 146 Å². The van der Waals surface area contributed by atoms with Crippen LogP contribution in [0, 0.1) is 0 Å². The maximum atomic E-state index is 12.9. The van der Waals surface area contributed by atoms with Crippen LogP contribution in [0.3, 0.4) is 0 Å². The molecule has 0 bridgehead atoms. The molecule has 0 amide bonds. The molecule has 0 rings (SSSR count). The van der Waals surface area contributed by atoms with Crippen molar-refractivity contribution in [1.29, 1.82) is 0 Å². The number of carbonyl (C=O) groups is 3. The number of hydrogen-bond donors (Lipinski definition) is 0. The molecule has 0 aromatic heterocycles. The zero-order valence-corrected chi connectivity index (χ0v) is 52.5. The van der Waals surface area contributed by atoms with Crippen LogP contribution >= 0.6 is 0 Å². The van der Waals surface area contributed by atoms with E-state index in [9.17, 15) is 14.4 Å². The number of rotatable bonds is 59. The molecule has 0 aliphatic carbocycles. The van der Waals surface area contributed by atoms with Crippen LogP contribution in [-0.4, -0.2) is 37.2 Å². The average Bonchev–Trinajstić information content (AvgIpc) is 3.47. The number of esters is 3. The van der Waals surface area contributed by atoms with E-state index in [2.05, 4.69) is 167 Å². The second kappa shape index (κ2) is 67.8. The van der Waals surface area contributed by atoms with E-state index < -0.39 is 6.10 Å². The summed E-state index contributed by atoms with van der Waals surface area (Å²) in [5.74, 6) is -0.923. The van der Waals surface area contributed by atoms with E-state index in [0.717, 1.165) is 167 Å². The Morgan fingerprint density at radius 1 is 0.259 bits per heavy atom. The van der Waals surface area contributed by atoms with Crippen molar-refractivity contribution in [3.8, 4) is 0 Å². The van der Waals surface area contributed by atoms with Gasteiger partial charge in [0.25, 0.3) is 0 Å². The number of hydrogen-bond acceptors (Lipinski definition) is 6. The summed E-state index contributed by atoms with van der Waals surface area (Å²) in [6, 6.07) is 0. The number of allylic oxidation sites excluding steroid dienone is 24. The maximum absolute atomic E-state index is 12.9. The van der Waals surface area contributed by atoms with Gasteiger partial charge < -0.3 is 14.2 Å². The minimum atomic E-state index is -0.801. The maximum Gasteiger partial charge on any atom is 0.306 e. The molecule has 6 heteroatoms. The van der Waals surface area contributed by atoms with Crippen LogP contribution in [0.4, 0.5) is 0 Å². The smallest absolute Gasteiger partial charge is 0.306 e. The summed E-state index contributed by atoms with van der Waals surface area (Å²) in [6.07, 6.45) is 97.0. The van der Waals surface area contributed by atoms with E-state index in [1.807, 2.05) is 0 Å². The highest BCUT2D eigenvalue weighted by atomic mass is 16.6. The van der Waals surface area contributed by atoms with Crippen molar-refractivity contribution in [2.75, 3.05) is 13.2 Å². The van der Waals surface area contributed by atoms with Crippen LogP contribution < -0.4 is 0 Å². The topological polar surface area (TPSA) is 78.9 Å². The first-order chi connectivity index (χ1) is 40.0. The lowest BCUT2D eigenvalue weighted by Gasteiger charge is -2.18. The SMILES string of the molecule is CC/C=C\C/C=C\C/C=C\C/C=C\C/C=C\CCCCCCCCCCCC(=O)OCC(COC(=O)CCCCCCC/C=C\C/C=C\CCCCC)OC(=O)CCCCCCCCC/C=C\C/C=C\C/C=C\C/C=C\C/C=C\CC. The van der Waals surface area contributed by atoms with E-state index >= 15 is 0 Å². The van der Waals surface area contributed by atoms with Gasteiger partial charge in [-0.1, -0.05) is 276 Å². The molecule has 0 fully saturated rings. The van der Waals surface area contributed by atoms with Gasteiger partial charge in [0.2, 0.25) is 0 Å². The average molecular weight is 1120 g/mol. The van der Waals surface area contributed by atoms with Crippen LogP contribution in [0.1, 0.15) is 290 Å². The largest absolute Gasteiger partial charge is 0.462 e. The highest BCUT2D eigenvalue weighted by molar-refractivity contribution is 5.71. The first-order valence-electron chi connectivity index (χ1n) is 33.3. The van der Waals surface area contributed by atoms with Crippen LogP contribution in [0.5, 0.6) is 0 Å². The highest BCUT2D eigenvalue weighted by Crippen LogP contribution is 2.15. The fourth-order valence-corrected chi connectivity index (χ4v) is 8.88. The number of ether oxygens (including phenoxy) is 3. The lowest BCUT2D eigenvalue weighted by atomic mass is 10.1. The van der Waals surface area contributed by atoms with Gasteiger partial charge in [0.15, 0.2) is 6.10 Å². The Balaban J connectivity index is 4.43. The van der Waals surface area contributed by atoms with Gasteiger partial charge in [0, 0.05) is 19.3 Å². The third-order valence-corrected chi connectivity index (χ3v) is 13.8. The summed E-state index contributed by atoms with van der Waals surface area (Å²) in [5, 5.41) is 0. The van der Waals surface area contributed by atoms with Gasteiger partial charge in [0.05, 0.1) is 0 Å². The van der Waals surface area contributed by atoms with Crippen molar-refractivity contribution in [3.63, 3.8) is 0 Å². The Labute approximate surface area is 499 Å². The summed E-state index contributed by atoms with van der Waals surface area (Å²) in [4.78, 5) is 38.4. The highest BCUT2D eigenvalue weighted by Gasteiger charge is 2.19. The summed E-state index contributed by atoms with van der Waals surface area (Å²) < 4.78 is 16.9. The molecule has 81 heavy (non-hydrogen) atoms. The Bertz CT molecular complexity index is 1760. The number of carbonyl (C=O) groups excluding carboxylic acids is 3. The van der Waals surface area contributed by atoms with Crippen molar-refractivity contribution >= 4 is 17.9 Å². The molecular formula is C75H122O6. The van der Waals surface area contributed by atoms with Gasteiger partial charge in [-0.3, -0.25) is 14.4 Å². The molecular weight excluding hydrogens is 997 g/mol. The minimum Gasteiger partial charge on any atom is -0.462 e. The molecule has 0 aromatic carbocycles. The van der Waals surface area contributed by atoms with Crippen molar-refractivity contribution in [3.05, 3.63) is 146 Å². The summed E-state index contributed by atoms with van der Waals surface area (Å²) in [7, 11) is 0. The van der Waals surface area contributed by atoms with E-state index in [1.165, 1.54) is 83.5 Å². The standard InChI is InChI=1S/C75H122O6/c1-4-7-10-13-16-19-22-25-28-30-32-34-36-37-39-40-42-44-47-50-53-56-59-62-65-68-74(77)80-71-72(70-79-73(76)67-64-61-58-55-52-49-46-27-24-21-18-15-12-9-6-3)81-75(78)69-66-63-60-57-54-51-48-45-43-41-38-35-33-31-29-26-23-20-17-14-11-8-5-2/h7-8,10-11,16-21,25-29,32-35,37,39,41,43,46,72H,4-6,9,12-15,22-24,30-31,36,38,40,42,44-45,47-71H2,1-3H3/b10-7-,11-8-,19-16-,20-17-,21-18-,28-25-,29-26-,34-32-,35-33-,39-37-,43-41-,46-27-. The molecule has 0 aromatic rings. The van der Waals surface area contributed by atoms with Gasteiger partial charge in [-0.05, 0) is 141 Å². The third kappa shape index (κ3) is 66.0. The molecule has 0 saturated carbocycles. The number of unbranched alkanes of at least 4 members (excludes halogenated alkanes) is 24. The molecule has 0 N–H and O–H groups in total.